The van der Waals surface area contributed by atoms with Gasteiger partial charge in [0.25, 0.3) is 5.91 Å². The van der Waals surface area contributed by atoms with Gasteiger partial charge in [-0.2, -0.15) is 5.10 Å². The molecule has 1 atom stereocenters. The van der Waals surface area contributed by atoms with Gasteiger partial charge < -0.3 is 10.6 Å². The molecule has 5 nitrogen and oxygen atoms in total. The summed E-state index contributed by atoms with van der Waals surface area (Å²) in [5, 5.41) is 10.7. The van der Waals surface area contributed by atoms with Gasteiger partial charge in [0.15, 0.2) is 0 Å². The first-order chi connectivity index (χ1) is 8.33. The fourth-order valence-corrected chi connectivity index (χ4v) is 2.21. The summed E-state index contributed by atoms with van der Waals surface area (Å²) in [6.45, 7) is 2.04. The summed E-state index contributed by atoms with van der Waals surface area (Å²) in [4.78, 5) is 11.8. The summed E-state index contributed by atoms with van der Waals surface area (Å²) in [6, 6.07) is 2.60. The molecule has 1 aromatic rings. The Hall–Kier alpha value is -1.36. The number of amides is 1. The zero-order valence-corrected chi connectivity index (χ0v) is 9.85. The summed E-state index contributed by atoms with van der Waals surface area (Å²) < 4.78 is 1.92. The van der Waals surface area contributed by atoms with Crippen molar-refractivity contribution in [1.82, 2.24) is 20.4 Å². The molecule has 2 aliphatic rings. The van der Waals surface area contributed by atoms with E-state index in [9.17, 15) is 4.79 Å². The van der Waals surface area contributed by atoms with Crippen LogP contribution in [0.3, 0.4) is 0 Å². The Bertz CT molecular complexity index is 404. The van der Waals surface area contributed by atoms with Crippen LogP contribution >= 0.6 is 0 Å². The van der Waals surface area contributed by atoms with Gasteiger partial charge >= 0.3 is 0 Å². The molecule has 0 spiro atoms. The van der Waals surface area contributed by atoms with E-state index in [1.165, 1.54) is 6.42 Å². The van der Waals surface area contributed by atoms with E-state index < -0.39 is 0 Å². The van der Waals surface area contributed by atoms with Crippen molar-refractivity contribution in [2.75, 3.05) is 13.1 Å². The molecule has 1 aliphatic heterocycles. The molecule has 92 valence electrons. The third-order valence-corrected chi connectivity index (χ3v) is 3.40. The first kappa shape index (κ1) is 10.8. The lowest BCUT2D eigenvalue weighted by molar-refractivity contribution is 0.0944. The molecule has 17 heavy (non-hydrogen) atoms. The van der Waals surface area contributed by atoms with Crippen LogP contribution in [0, 0.1) is 0 Å². The number of hydrogen-bond acceptors (Lipinski definition) is 3. The Kier molecular flexibility index (Phi) is 2.84. The van der Waals surface area contributed by atoms with E-state index in [-0.39, 0.29) is 5.91 Å². The number of carbonyl (C=O) groups excluding carboxylic acids is 1. The Morgan fingerprint density at radius 3 is 3.06 bits per heavy atom. The average molecular weight is 234 g/mol. The topological polar surface area (TPSA) is 59.0 Å². The monoisotopic (exact) mass is 234 g/mol. The highest BCUT2D eigenvalue weighted by molar-refractivity contribution is 5.92. The largest absolute Gasteiger partial charge is 0.348 e. The predicted molar refractivity (Wildman–Crippen MR) is 63.9 cm³/mol. The molecule has 1 amide bonds. The Morgan fingerprint density at radius 1 is 1.47 bits per heavy atom. The number of nitrogens with zero attached hydrogens (tertiary/aromatic N) is 2. The van der Waals surface area contributed by atoms with Gasteiger partial charge in [-0.25, -0.2) is 0 Å². The Balaban J connectivity index is 1.65. The first-order valence-electron chi connectivity index (χ1n) is 6.39. The van der Waals surface area contributed by atoms with E-state index >= 15 is 0 Å². The normalized spacial score (nSPS) is 24.6. The molecule has 0 bridgehead atoms. The predicted octanol–water partition coefficient (Wildman–Crippen LogP) is 0.700. The Morgan fingerprint density at radius 2 is 2.35 bits per heavy atom. The molecule has 5 heteroatoms. The van der Waals surface area contributed by atoms with Crippen LogP contribution in [-0.4, -0.2) is 34.8 Å². The second-order valence-corrected chi connectivity index (χ2v) is 4.93. The molecule has 1 saturated heterocycles. The molecule has 0 aromatic carbocycles. The molecular weight excluding hydrogens is 216 g/mol. The van der Waals surface area contributed by atoms with E-state index in [1.54, 1.807) is 0 Å². The second kappa shape index (κ2) is 4.49. The molecule has 0 radical (unpaired) electrons. The lowest BCUT2D eigenvalue weighted by atomic mass is 10.1. The number of nitrogens with one attached hydrogen (secondary N) is 2. The molecule has 3 rings (SSSR count). The van der Waals surface area contributed by atoms with Gasteiger partial charge in [-0.05, 0) is 38.3 Å². The first-order valence-corrected chi connectivity index (χ1v) is 6.39. The number of carbonyl (C=O) groups is 1. The smallest absolute Gasteiger partial charge is 0.271 e. The SMILES string of the molecule is O=C(NC1CC1)c1ccn(C2CCCNC2)n1. The summed E-state index contributed by atoms with van der Waals surface area (Å²) >= 11 is 0. The maximum absolute atomic E-state index is 11.8. The van der Waals surface area contributed by atoms with Crippen LogP contribution < -0.4 is 10.6 Å². The van der Waals surface area contributed by atoms with Crippen LogP contribution in [0.15, 0.2) is 12.3 Å². The van der Waals surface area contributed by atoms with E-state index in [4.69, 9.17) is 0 Å². The van der Waals surface area contributed by atoms with Gasteiger partial charge in [0.2, 0.25) is 0 Å². The number of piperidine rings is 1. The van der Waals surface area contributed by atoms with Crippen molar-refractivity contribution in [2.24, 2.45) is 0 Å². The van der Waals surface area contributed by atoms with Crippen LogP contribution in [0.1, 0.15) is 42.2 Å². The van der Waals surface area contributed by atoms with E-state index in [0.717, 1.165) is 32.4 Å². The lowest BCUT2D eigenvalue weighted by Crippen LogP contribution is -2.32. The van der Waals surface area contributed by atoms with Crippen LogP contribution in [0.25, 0.3) is 0 Å². The van der Waals surface area contributed by atoms with Crippen LogP contribution in [0.2, 0.25) is 0 Å². The molecule has 2 N–H and O–H groups in total. The average Bonchev–Trinajstić information content (AvgIpc) is 3.04. The zero-order valence-electron chi connectivity index (χ0n) is 9.85. The van der Waals surface area contributed by atoms with E-state index in [0.29, 0.717) is 17.8 Å². The van der Waals surface area contributed by atoms with Crippen LogP contribution in [0.5, 0.6) is 0 Å². The highest BCUT2D eigenvalue weighted by Crippen LogP contribution is 2.19. The third kappa shape index (κ3) is 2.49. The van der Waals surface area contributed by atoms with Crippen molar-refractivity contribution in [1.29, 1.82) is 0 Å². The minimum Gasteiger partial charge on any atom is -0.348 e. The number of aromatic nitrogens is 2. The van der Waals surface area contributed by atoms with Crippen molar-refractivity contribution in [3.8, 4) is 0 Å². The van der Waals surface area contributed by atoms with Crippen molar-refractivity contribution in [3.63, 3.8) is 0 Å². The maximum atomic E-state index is 11.8. The van der Waals surface area contributed by atoms with Gasteiger partial charge in [0.1, 0.15) is 5.69 Å². The molecule has 2 heterocycles. The minimum absolute atomic E-state index is 0.0324. The summed E-state index contributed by atoms with van der Waals surface area (Å²) in [5.41, 5.74) is 0.544. The zero-order chi connectivity index (χ0) is 11.7. The third-order valence-electron chi connectivity index (χ3n) is 3.40. The Labute approximate surface area is 101 Å². The van der Waals surface area contributed by atoms with Crippen molar-refractivity contribution in [2.45, 2.75) is 37.8 Å². The molecule has 1 saturated carbocycles. The summed E-state index contributed by atoms with van der Waals surface area (Å²) in [5.74, 6) is -0.0324. The van der Waals surface area contributed by atoms with Gasteiger partial charge in [-0.3, -0.25) is 9.48 Å². The summed E-state index contributed by atoms with van der Waals surface area (Å²) in [7, 11) is 0. The van der Waals surface area contributed by atoms with Crippen molar-refractivity contribution < 1.29 is 4.79 Å². The van der Waals surface area contributed by atoms with Crippen molar-refractivity contribution in [3.05, 3.63) is 18.0 Å². The highest BCUT2D eigenvalue weighted by atomic mass is 16.2. The fraction of sp³-hybridized carbons (Fsp3) is 0.667. The van der Waals surface area contributed by atoms with Gasteiger partial charge in [-0.1, -0.05) is 0 Å². The van der Waals surface area contributed by atoms with Gasteiger partial charge in [0, 0.05) is 18.8 Å². The summed E-state index contributed by atoms with van der Waals surface area (Å²) in [6.07, 6.45) is 6.45. The number of rotatable bonds is 3. The van der Waals surface area contributed by atoms with Gasteiger partial charge in [0.05, 0.1) is 6.04 Å². The molecule has 1 aromatic heterocycles. The number of hydrogen-bond donors (Lipinski definition) is 2. The maximum Gasteiger partial charge on any atom is 0.271 e. The van der Waals surface area contributed by atoms with E-state index in [2.05, 4.69) is 15.7 Å². The fourth-order valence-electron chi connectivity index (χ4n) is 2.21. The molecule has 2 fully saturated rings. The lowest BCUT2D eigenvalue weighted by Gasteiger charge is -2.22. The standard InChI is InChI=1S/C12H18N4O/c17-12(14-9-3-4-9)11-5-7-16(15-11)10-2-1-6-13-8-10/h5,7,9-10,13H,1-4,6,8H2,(H,14,17). The van der Waals surface area contributed by atoms with Crippen LogP contribution in [-0.2, 0) is 0 Å². The molecule has 1 unspecified atom stereocenters. The van der Waals surface area contributed by atoms with Crippen LogP contribution in [0.4, 0.5) is 0 Å². The van der Waals surface area contributed by atoms with E-state index in [1.807, 2.05) is 16.9 Å². The highest BCUT2D eigenvalue weighted by Gasteiger charge is 2.25. The van der Waals surface area contributed by atoms with Crippen molar-refractivity contribution >= 4 is 5.91 Å². The van der Waals surface area contributed by atoms with Gasteiger partial charge in [-0.15, -0.1) is 0 Å². The minimum atomic E-state index is -0.0324. The quantitative estimate of drug-likeness (QED) is 0.809. The second-order valence-electron chi connectivity index (χ2n) is 4.93. The molecule has 1 aliphatic carbocycles. The molecular formula is C12H18N4O.